The van der Waals surface area contributed by atoms with Gasteiger partial charge in [0, 0.05) is 13.1 Å². The molecular weight excluding hydrogens is 272 g/mol. The van der Waals surface area contributed by atoms with Crippen LogP contribution in [0.15, 0.2) is 24.3 Å². The molecule has 7 heteroatoms. The van der Waals surface area contributed by atoms with Crippen LogP contribution in [0.4, 0.5) is 11.6 Å². The zero-order valence-electron chi connectivity index (χ0n) is 11.5. The van der Waals surface area contributed by atoms with Crippen molar-refractivity contribution >= 4 is 28.6 Å². The molecule has 1 aliphatic rings. The third kappa shape index (κ3) is 3.03. The maximum absolute atomic E-state index is 10.8. The number of aliphatic carboxylic acids is 1. The SMILES string of the molecule is O=C(O)CNc1nc2ccccc2nc1N1CCOCC1. The van der Waals surface area contributed by atoms with Gasteiger partial charge in [-0.1, -0.05) is 12.1 Å². The maximum Gasteiger partial charge on any atom is 0.322 e. The highest BCUT2D eigenvalue weighted by molar-refractivity contribution is 5.82. The van der Waals surface area contributed by atoms with Crippen molar-refractivity contribution < 1.29 is 14.6 Å². The molecule has 21 heavy (non-hydrogen) atoms. The van der Waals surface area contributed by atoms with Crippen molar-refractivity contribution in [1.29, 1.82) is 0 Å². The molecule has 110 valence electrons. The zero-order valence-corrected chi connectivity index (χ0v) is 11.5. The molecule has 2 heterocycles. The molecule has 0 saturated carbocycles. The Bertz CT molecular complexity index is 656. The third-order valence-electron chi connectivity index (χ3n) is 3.27. The summed E-state index contributed by atoms with van der Waals surface area (Å²) in [6, 6.07) is 7.54. The zero-order chi connectivity index (χ0) is 14.7. The fourth-order valence-corrected chi connectivity index (χ4v) is 2.26. The summed E-state index contributed by atoms with van der Waals surface area (Å²) in [7, 11) is 0. The molecule has 0 amide bonds. The number of nitrogens with one attached hydrogen (secondary N) is 1. The lowest BCUT2D eigenvalue weighted by molar-refractivity contribution is -0.134. The summed E-state index contributed by atoms with van der Waals surface area (Å²) >= 11 is 0. The fourth-order valence-electron chi connectivity index (χ4n) is 2.26. The van der Waals surface area contributed by atoms with E-state index < -0.39 is 5.97 Å². The molecule has 0 aliphatic carbocycles. The number of carboxylic acids is 1. The minimum absolute atomic E-state index is 0.190. The second-order valence-electron chi connectivity index (χ2n) is 4.73. The molecule has 1 aliphatic heterocycles. The number of aromatic nitrogens is 2. The predicted molar refractivity (Wildman–Crippen MR) is 78.7 cm³/mol. The van der Waals surface area contributed by atoms with Crippen molar-refractivity contribution in [3.8, 4) is 0 Å². The Hall–Kier alpha value is -2.41. The van der Waals surface area contributed by atoms with Gasteiger partial charge in [-0.3, -0.25) is 4.79 Å². The molecule has 1 fully saturated rings. The van der Waals surface area contributed by atoms with Crippen LogP contribution in [-0.4, -0.2) is 53.9 Å². The van der Waals surface area contributed by atoms with Crippen molar-refractivity contribution in [2.45, 2.75) is 0 Å². The summed E-state index contributed by atoms with van der Waals surface area (Å²) in [5.41, 5.74) is 1.53. The van der Waals surface area contributed by atoms with Crippen LogP contribution in [0.2, 0.25) is 0 Å². The molecule has 0 radical (unpaired) electrons. The van der Waals surface area contributed by atoms with Crippen molar-refractivity contribution in [3.05, 3.63) is 24.3 Å². The van der Waals surface area contributed by atoms with Crippen LogP contribution in [0.5, 0.6) is 0 Å². The number of rotatable bonds is 4. The van der Waals surface area contributed by atoms with Crippen LogP contribution in [0, 0.1) is 0 Å². The van der Waals surface area contributed by atoms with E-state index in [-0.39, 0.29) is 6.54 Å². The van der Waals surface area contributed by atoms with Crippen LogP contribution >= 0.6 is 0 Å². The molecule has 2 aromatic rings. The minimum Gasteiger partial charge on any atom is -0.480 e. The summed E-state index contributed by atoms with van der Waals surface area (Å²) < 4.78 is 5.34. The smallest absolute Gasteiger partial charge is 0.322 e. The van der Waals surface area contributed by atoms with E-state index in [0.29, 0.717) is 24.8 Å². The molecule has 2 N–H and O–H groups in total. The van der Waals surface area contributed by atoms with Crippen molar-refractivity contribution in [1.82, 2.24) is 9.97 Å². The lowest BCUT2D eigenvalue weighted by Crippen LogP contribution is -2.37. The first-order valence-corrected chi connectivity index (χ1v) is 6.79. The van der Waals surface area contributed by atoms with Crippen molar-refractivity contribution in [3.63, 3.8) is 0 Å². The Balaban J connectivity index is 2.00. The largest absolute Gasteiger partial charge is 0.480 e. The number of anilines is 2. The highest BCUT2D eigenvalue weighted by Crippen LogP contribution is 2.25. The lowest BCUT2D eigenvalue weighted by Gasteiger charge is -2.29. The first kappa shape index (κ1) is 13.6. The van der Waals surface area contributed by atoms with Gasteiger partial charge >= 0.3 is 5.97 Å². The highest BCUT2D eigenvalue weighted by atomic mass is 16.5. The maximum atomic E-state index is 10.8. The molecule has 1 aromatic heterocycles. The van der Waals surface area contributed by atoms with E-state index >= 15 is 0 Å². The molecule has 3 rings (SSSR count). The molecule has 0 unspecified atom stereocenters. The lowest BCUT2D eigenvalue weighted by atomic mass is 10.3. The summed E-state index contributed by atoms with van der Waals surface area (Å²) in [5.74, 6) is 0.245. The van der Waals surface area contributed by atoms with E-state index in [1.165, 1.54) is 0 Å². The first-order chi connectivity index (χ1) is 10.2. The number of ether oxygens (including phenoxy) is 1. The van der Waals surface area contributed by atoms with Crippen LogP contribution in [0.1, 0.15) is 0 Å². The molecule has 0 atom stereocenters. The third-order valence-corrected chi connectivity index (χ3v) is 3.27. The van der Waals surface area contributed by atoms with Gasteiger partial charge in [-0.15, -0.1) is 0 Å². The number of carbonyl (C=O) groups is 1. The van der Waals surface area contributed by atoms with Gasteiger partial charge in [0.2, 0.25) is 0 Å². The first-order valence-electron chi connectivity index (χ1n) is 6.79. The summed E-state index contributed by atoms with van der Waals surface area (Å²) in [4.78, 5) is 22.0. The van der Waals surface area contributed by atoms with Crippen molar-refractivity contribution in [2.24, 2.45) is 0 Å². The molecule has 0 bridgehead atoms. The monoisotopic (exact) mass is 288 g/mol. The number of benzene rings is 1. The number of para-hydroxylation sites is 2. The van der Waals surface area contributed by atoms with E-state index in [0.717, 1.165) is 24.1 Å². The van der Waals surface area contributed by atoms with Crippen LogP contribution in [0.25, 0.3) is 11.0 Å². The summed E-state index contributed by atoms with van der Waals surface area (Å²) in [6.45, 7) is 2.51. The Morgan fingerprint density at radius 3 is 2.57 bits per heavy atom. The topological polar surface area (TPSA) is 87.6 Å². The Morgan fingerprint density at radius 2 is 1.90 bits per heavy atom. The van der Waals surface area contributed by atoms with Gasteiger partial charge in [0.1, 0.15) is 6.54 Å². The standard InChI is InChI=1S/C14H16N4O3/c19-12(20)9-15-13-14(18-5-7-21-8-6-18)17-11-4-2-1-3-10(11)16-13/h1-4H,5-9H2,(H,15,16)(H,19,20). The van der Waals surface area contributed by atoms with Gasteiger partial charge in [0.25, 0.3) is 0 Å². The highest BCUT2D eigenvalue weighted by Gasteiger charge is 2.18. The molecule has 1 aromatic carbocycles. The van der Waals surface area contributed by atoms with Crippen LogP contribution < -0.4 is 10.2 Å². The van der Waals surface area contributed by atoms with E-state index in [2.05, 4.69) is 20.2 Å². The van der Waals surface area contributed by atoms with E-state index in [4.69, 9.17) is 9.84 Å². The molecular formula is C14H16N4O3. The van der Waals surface area contributed by atoms with E-state index in [9.17, 15) is 4.79 Å². The second kappa shape index (κ2) is 5.92. The van der Waals surface area contributed by atoms with Gasteiger partial charge in [0.15, 0.2) is 11.6 Å². The number of nitrogens with zero attached hydrogens (tertiary/aromatic N) is 3. The van der Waals surface area contributed by atoms with Gasteiger partial charge in [-0.05, 0) is 12.1 Å². The Morgan fingerprint density at radius 1 is 1.24 bits per heavy atom. The molecule has 1 saturated heterocycles. The van der Waals surface area contributed by atoms with Crippen molar-refractivity contribution in [2.75, 3.05) is 43.1 Å². The summed E-state index contributed by atoms with van der Waals surface area (Å²) in [5, 5.41) is 11.7. The number of fused-ring (bicyclic) bond motifs is 1. The Labute approximate surface area is 121 Å². The number of carboxylic acid groups (broad SMARTS) is 1. The Kier molecular flexibility index (Phi) is 3.83. The average molecular weight is 288 g/mol. The second-order valence-corrected chi connectivity index (χ2v) is 4.73. The quantitative estimate of drug-likeness (QED) is 0.866. The van der Waals surface area contributed by atoms with Crippen LogP contribution in [-0.2, 0) is 9.53 Å². The van der Waals surface area contributed by atoms with Gasteiger partial charge < -0.3 is 20.1 Å². The van der Waals surface area contributed by atoms with Crippen LogP contribution in [0.3, 0.4) is 0 Å². The summed E-state index contributed by atoms with van der Waals surface area (Å²) in [6.07, 6.45) is 0. The molecule has 0 spiro atoms. The van der Waals surface area contributed by atoms with Gasteiger partial charge in [0.05, 0.1) is 24.2 Å². The predicted octanol–water partition coefficient (Wildman–Crippen LogP) is 0.963. The number of morpholine rings is 1. The number of hydrogen-bond acceptors (Lipinski definition) is 6. The van der Waals surface area contributed by atoms with E-state index in [1.807, 2.05) is 24.3 Å². The fraction of sp³-hybridized carbons (Fsp3) is 0.357. The number of hydrogen-bond donors (Lipinski definition) is 2. The van der Waals surface area contributed by atoms with E-state index in [1.54, 1.807) is 0 Å². The molecule has 7 nitrogen and oxygen atoms in total. The van der Waals surface area contributed by atoms with Gasteiger partial charge in [-0.25, -0.2) is 9.97 Å². The average Bonchev–Trinajstić information content (AvgIpc) is 2.53. The normalized spacial score (nSPS) is 15.1. The minimum atomic E-state index is -0.933. The van der Waals surface area contributed by atoms with Gasteiger partial charge in [-0.2, -0.15) is 0 Å².